The molecule has 3 aromatic carbocycles. The number of aromatic nitrogens is 2. The van der Waals surface area contributed by atoms with Gasteiger partial charge < -0.3 is 4.74 Å². The van der Waals surface area contributed by atoms with Gasteiger partial charge in [-0.3, -0.25) is 0 Å². The van der Waals surface area contributed by atoms with Crippen molar-refractivity contribution in [3.05, 3.63) is 96.7 Å². The molecular weight excluding hydrogens is 372 g/mol. The first-order valence-corrected chi connectivity index (χ1v) is 10.00. The second kappa shape index (κ2) is 7.48. The van der Waals surface area contributed by atoms with Crippen LogP contribution in [0, 0.1) is 0 Å². The highest BCUT2D eigenvalue weighted by Gasteiger charge is 2.28. The number of rotatable bonds is 4. The maximum atomic E-state index is 13.3. The Labute approximate surface area is 174 Å². The van der Waals surface area contributed by atoms with Crippen molar-refractivity contribution in [2.24, 2.45) is 0 Å². The van der Waals surface area contributed by atoms with Crippen LogP contribution in [0.4, 0.5) is 0 Å². The van der Waals surface area contributed by atoms with Crippen molar-refractivity contribution in [3.63, 3.8) is 0 Å². The first kappa shape index (κ1) is 18.1. The molecule has 0 spiro atoms. The van der Waals surface area contributed by atoms with Crippen molar-refractivity contribution >= 4 is 22.3 Å². The minimum absolute atomic E-state index is 0.307. The summed E-state index contributed by atoms with van der Waals surface area (Å²) in [5.74, 6) is -0.343. The van der Waals surface area contributed by atoms with Gasteiger partial charge in [-0.05, 0) is 12.5 Å². The third-order valence-corrected chi connectivity index (χ3v) is 5.26. The summed E-state index contributed by atoms with van der Waals surface area (Å²) in [5.41, 5.74) is 4.91. The summed E-state index contributed by atoms with van der Waals surface area (Å²) in [6.07, 6.45) is 1.85. The van der Waals surface area contributed by atoms with Crippen molar-refractivity contribution in [1.82, 2.24) is 9.61 Å². The van der Waals surface area contributed by atoms with E-state index in [0.29, 0.717) is 12.2 Å². The van der Waals surface area contributed by atoms with E-state index in [-0.39, 0.29) is 5.97 Å². The van der Waals surface area contributed by atoms with Crippen LogP contribution in [0.25, 0.3) is 38.7 Å². The average Bonchev–Trinajstić information content (AvgIpc) is 3.16. The lowest BCUT2D eigenvalue weighted by atomic mass is 9.97. The Kier molecular flexibility index (Phi) is 4.52. The zero-order valence-electron chi connectivity index (χ0n) is 16.6. The van der Waals surface area contributed by atoms with Gasteiger partial charge in [-0.1, -0.05) is 84.9 Å². The number of carbonyl (C=O) groups is 1. The molecule has 0 fully saturated rings. The van der Waals surface area contributed by atoms with Crippen LogP contribution in [0.1, 0.15) is 17.3 Å². The van der Waals surface area contributed by atoms with E-state index in [9.17, 15) is 4.79 Å². The molecule has 0 atom stereocenters. The summed E-state index contributed by atoms with van der Waals surface area (Å²) in [5, 5.41) is 6.81. The Balaban J connectivity index is 2.01. The van der Waals surface area contributed by atoms with Crippen LogP contribution in [-0.4, -0.2) is 22.2 Å². The maximum Gasteiger partial charge on any atom is 0.341 e. The molecular formula is C26H20N2O2. The summed E-state index contributed by atoms with van der Waals surface area (Å²) in [7, 11) is 0. The summed E-state index contributed by atoms with van der Waals surface area (Å²) in [4.78, 5) is 13.3. The maximum absolute atomic E-state index is 13.3. The van der Waals surface area contributed by atoms with Gasteiger partial charge in [-0.2, -0.15) is 5.10 Å². The van der Waals surface area contributed by atoms with E-state index < -0.39 is 0 Å². The minimum Gasteiger partial charge on any atom is -0.462 e. The lowest BCUT2D eigenvalue weighted by Gasteiger charge is -2.08. The Morgan fingerprint density at radius 1 is 0.867 bits per heavy atom. The minimum atomic E-state index is -0.343. The predicted octanol–water partition coefficient (Wildman–Crippen LogP) is 6.00. The fraction of sp³-hybridized carbons (Fsp3) is 0.0769. The molecule has 5 rings (SSSR count). The van der Waals surface area contributed by atoms with Crippen molar-refractivity contribution in [2.45, 2.75) is 6.92 Å². The standard InChI is InChI=1S/C26H20N2O2/c1-2-30-26(29)23-22(18-11-5-3-6-12-18)25-21-16-10-9-15-20(21)17-27-28(25)24(23)19-13-7-4-8-14-19/h3-17H,2H2,1H3. The monoisotopic (exact) mass is 392 g/mol. The Morgan fingerprint density at radius 2 is 1.50 bits per heavy atom. The molecule has 30 heavy (non-hydrogen) atoms. The number of esters is 1. The molecule has 0 aliphatic rings. The second-order valence-corrected chi connectivity index (χ2v) is 7.04. The first-order valence-electron chi connectivity index (χ1n) is 10.00. The highest BCUT2D eigenvalue weighted by atomic mass is 16.5. The van der Waals surface area contributed by atoms with E-state index in [1.165, 1.54) is 0 Å². The number of nitrogens with zero attached hydrogens (tertiary/aromatic N) is 2. The van der Waals surface area contributed by atoms with Gasteiger partial charge in [-0.15, -0.1) is 0 Å². The van der Waals surface area contributed by atoms with E-state index in [1.807, 2.05) is 96.5 Å². The van der Waals surface area contributed by atoms with Crippen molar-refractivity contribution in [3.8, 4) is 22.4 Å². The van der Waals surface area contributed by atoms with Crippen molar-refractivity contribution in [2.75, 3.05) is 6.61 Å². The second-order valence-electron chi connectivity index (χ2n) is 7.04. The molecule has 0 aliphatic heterocycles. The number of hydrogen-bond donors (Lipinski definition) is 0. The summed E-state index contributed by atoms with van der Waals surface area (Å²) in [6.45, 7) is 2.13. The predicted molar refractivity (Wildman–Crippen MR) is 120 cm³/mol. The van der Waals surface area contributed by atoms with E-state index in [4.69, 9.17) is 9.84 Å². The van der Waals surface area contributed by atoms with Crippen LogP contribution < -0.4 is 0 Å². The Bertz CT molecular complexity index is 1360. The lowest BCUT2D eigenvalue weighted by molar-refractivity contribution is 0.0528. The van der Waals surface area contributed by atoms with Crippen LogP contribution in [0.15, 0.2) is 91.1 Å². The highest BCUT2D eigenvalue weighted by Crippen LogP contribution is 2.41. The molecule has 0 unspecified atom stereocenters. The zero-order valence-corrected chi connectivity index (χ0v) is 16.6. The molecule has 4 heteroatoms. The van der Waals surface area contributed by atoms with Gasteiger partial charge in [0.15, 0.2) is 0 Å². The SMILES string of the molecule is CCOC(=O)c1c(-c2ccccc2)c2c3ccccc3cnn2c1-c1ccccc1. The molecule has 0 saturated carbocycles. The van der Waals surface area contributed by atoms with Gasteiger partial charge in [0.1, 0.15) is 0 Å². The summed E-state index contributed by atoms with van der Waals surface area (Å²) >= 11 is 0. The number of benzene rings is 3. The molecule has 0 radical (unpaired) electrons. The van der Waals surface area contributed by atoms with E-state index in [0.717, 1.165) is 38.7 Å². The zero-order chi connectivity index (χ0) is 20.5. The largest absolute Gasteiger partial charge is 0.462 e. The molecule has 2 heterocycles. The van der Waals surface area contributed by atoms with Crippen LogP contribution in [0.2, 0.25) is 0 Å². The highest BCUT2D eigenvalue weighted by molar-refractivity contribution is 6.14. The van der Waals surface area contributed by atoms with E-state index in [1.54, 1.807) is 0 Å². The topological polar surface area (TPSA) is 43.6 Å². The van der Waals surface area contributed by atoms with Crippen molar-refractivity contribution in [1.29, 1.82) is 0 Å². The summed E-state index contributed by atoms with van der Waals surface area (Å²) in [6, 6.07) is 28.0. The van der Waals surface area contributed by atoms with Gasteiger partial charge in [0.2, 0.25) is 0 Å². The van der Waals surface area contributed by atoms with Gasteiger partial charge >= 0.3 is 5.97 Å². The summed E-state index contributed by atoms with van der Waals surface area (Å²) < 4.78 is 7.40. The van der Waals surface area contributed by atoms with Gasteiger partial charge in [0.25, 0.3) is 0 Å². The van der Waals surface area contributed by atoms with Crippen LogP contribution >= 0.6 is 0 Å². The molecule has 0 aliphatic carbocycles. The third kappa shape index (κ3) is 2.85. The molecule has 4 nitrogen and oxygen atoms in total. The van der Waals surface area contributed by atoms with E-state index in [2.05, 4.69) is 6.07 Å². The molecule has 0 N–H and O–H groups in total. The fourth-order valence-corrected chi connectivity index (χ4v) is 4.02. The number of hydrogen-bond acceptors (Lipinski definition) is 3. The van der Waals surface area contributed by atoms with Gasteiger partial charge in [-0.25, -0.2) is 9.31 Å². The van der Waals surface area contributed by atoms with Gasteiger partial charge in [0, 0.05) is 21.9 Å². The van der Waals surface area contributed by atoms with Crippen molar-refractivity contribution < 1.29 is 9.53 Å². The average molecular weight is 392 g/mol. The molecule has 2 aromatic heterocycles. The molecule has 0 amide bonds. The van der Waals surface area contributed by atoms with Gasteiger partial charge in [0.05, 0.1) is 29.6 Å². The normalized spacial score (nSPS) is 11.1. The number of ether oxygens (including phenoxy) is 1. The van der Waals surface area contributed by atoms with Crippen LogP contribution in [0.5, 0.6) is 0 Å². The fourth-order valence-electron chi connectivity index (χ4n) is 4.02. The van der Waals surface area contributed by atoms with E-state index >= 15 is 0 Å². The van der Waals surface area contributed by atoms with Crippen LogP contribution in [-0.2, 0) is 4.74 Å². The molecule has 0 bridgehead atoms. The number of carbonyl (C=O) groups excluding carboxylic acids is 1. The Hall–Kier alpha value is -3.92. The number of fused-ring (bicyclic) bond motifs is 3. The first-order chi connectivity index (χ1) is 14.8. The third-order valence-electron chi connectivity index (χ3n) is 5.26. The molecule has 5 aromatic rings. The molecule has 146 valence electrons. The smallest absolute Gasteiger partial charge is 0.341 e. The lowest BCUT2D eigenvalue weighted by Crippen LogP contribution is -2.07. The molecule has 0 saturated heterocycles. The quantitative estimate of drug-likeness (QED) is 0.352. The Morgan fingerprint density at radius 3 is 2.20 bits per heavy atom. The van der Waals surface area contributed by atoms with Crippen LogP contribution in [0.3, 0.4) is 0 Å².